The van der Waals surface area contributed by atoms with Crippen molar-refractivity contribution < 1.29 is 0 Å². The van der Waals surface area contributed by atoms with Crippen molar-refractivity contribution in [1.82, 2.24) is 5.32 Å². The standard InChI is InChI=1S/C21H31N/c1-12-13(2)15(4)20-19(14(12)3)16(5)17(6)21(20)22-18-10-8-7-9-11-18/h18,21-22H,7-11H2,1-6H3. The molecule has 1 heteroatoms. The summed E-state index contributed by atoms with van der Waals surface area (Å²) in [5.74, 6) is 0. The van der Waals surface area contributed by atoms with Crippen LogP contribution in [0.1, 0.15) is 85.4 Å². The second-order valence-electron chi connectivity index (χ2n) is 7.53. The molecule has 0 radical (unpaired) electrons. The van der Waals surface area contributed by atoms with Crippen molar-refractivity contribution >= 4 is 5.57 Å². The molecule has 2 aliphatic rings. The monoisotopic (exact) mass is 297 g/mol. The fourth-order valence-corrected chi connectivity index (χ4v) is 4.53. The molecule has 0 heterocycles. The molecule has 22 heavy (non-hydrogen) atoms. The van der Waals surface area contributed by atoms with E-state index < -0.39 is 0 Å². The van der Waals surface area contributed by atoms with Crippen LogP contribution in [0.2, 0.25) is 0 Å². The highest BCUT2D eigenvalue weighted by molar-refractivity contribution is 5.81. The maximum Gasteiger partial charge on any atom is 0.0550 e. The lowest BCUT2D eigenvalue weighted by atomic mass is 9.86. The first kappa shape index (κ1) is 15.8. The van der Waals surface area contributed by atoms with Crippen molar-refractivity contribution in [2.24, 2.45) is 0 Å². The average Bonchev–Trinajstić information content (AvgIpc) is 2.77. The lowest BCUT2D eigenvalue weighted by Gasteiger charge is -2.29. The van der Waals surface area contributed by atoms with Gasteiger partial charge in [0, 0.05) is 6.04 Å². The molecular formula is C21H31N. The lowest BCUT2D eigenvalue weighted by molar-refractivity contribution is 0.354. The van der Waals surface area contributed by atoms with Gasteiger partial charge < -0.3 is 5.32 Å². The van der Waals surface area contributed by atoms with E-state index in [2.05, 4.69) is 46.9 Å². The van der Waals surface area contributed by atoms with E-state index in [-0.39, 0.29) is 0 Å². The Morgan fingerprint density at radius 1 is 0.727 bits per heavy atom. The summed E-state index contributed by atoms with van der Waals surface area (Å²) >= 11 is 0. The van der Waals surface area contributed by atoms with Gasteiger partial charge >= 0.3 is 0 Å². The molecule has 1 unspecified atom stereocenters. The van der Waals surface area contributed by atoms with Crippen LogP contribution in [0.5, 0.6) is 0 Å². The van der Waals surface area contributed by atoms with Crippen molar-refractivity contribution in [3.8, 4) is 0 Å². The smallest absolute Gasteiger partial charge is 0.0550 e. The quantitative estimate of drug-likeness (QED) is 0.739. The maximum atomic E-state index is 4.01. The van der Waals surface area contributed by atoms with Gasteiger partial charge in [0.15, 0.2) is 0 Å². The van der Waals surface area contributed by atoms with Crippen LogP contribution < -0.4 is 5.32 Å². The Labute approximate surface area is 136 Å². The molecular weight excluding hydrogens is 266 g/mol. The highest BCUT2D eigenvalue weighted by Crippen LogP contribution is 2.46. The topological polar surface area (TPSA) is 12.0 Å². The minimum atomic E-state index is 0.441. The van der Waals surface area contributed by atoms with Gasteiger partial charge in [-0.3, -0.25) is 0 Å². The molecule has 1 nitrogen and oxygen atoms in total. The van der Waals surface area contributed by atoms with Gasteiger partial charge in [0.25, 0.3) is 0 Å². The van der Waals surface area contributed by atoms with Crippen LogP contribution in [0.25, 0.3) is 5.57 Å². The maximum absolute atomic E-state index is 4.01. The zero-order chi connectivity index (χ0) is 16.0. The zero-order valence-corrected chi connectivity index (χ0v) is 15.2. The average molecular weight is 297 g/mol. The van der Waals surface area contributed by atoms with E-state index in [0.29, 0.717) is 12.1 Å². The summed E-state index contributed by atoms with van der Waals surface area (Å²) in [6.45, 7) is 13.8. The number of hydrogen-bond donors (Lipinski definition) is 1. The fourth-order valence-electron chi connectivity index (χ4n) is 4.53. The number of fused-ring (bicyclic) bond motifs is 1. The zero-order valence-electron chi connectivity index (χ0n) is 15.2. The molecule has 1 aromatic carbocycles. The van der Waals surface area contributed by atoms with E-state index >= 15 is 0 Å². The normalized spacial score (nSPS) is 22.4. The van der Waals surface area contributed by atoms with Crippen LogP contribution in [0.4, 0.5) is 0 Å². The van der Waals surface area contributed by atoms with Gasteiger partial charge in [-0.1, -0.05) is 19.3 Å². The third-order valence-corrected chi connectivity index (χ3v) is 6.43. The number of nitrogens with one attached hydrogen (secondary N) is 1. The Morgan fingerprint density at radius 2 is 1.32 bits per heavy atom. The Hall–Kier alpha value is -1.08. The van der Waals surface area contributed by atoms with E-state index in [1.54, 1.807) is 5.56 Å². The molecule has 0 amide bonds. The summed E-state index contributed by atoms with van der Waals surface area (Å²) in [5, 5.41) is 4.01. The fraction of sp³-hybridized carbons (Fsp3) is 0.619. The molecule has 120 valence electrons. The van der Waals surface area contributed by atoms with E-state index in [1.807, 2.05) is 0 Å². The molecule has 0 bridgehead atoms. The van der Waals surface area contributed by atoms with E-state index in [4.69, 9.17) is 0 Å². The third kappa shape index (κ3) is 2.34. The van der Waals surface area contributed by atoms with E-state index in [1.165, 1.54) is 71.1 Å². The van der Waals surface area contributed by atoms with Gasteiger partial charge in [0.1, 0.15) is 0 Å². The van der Waals surface area contributed by atoms with E-state index in [0.717, 1.165) is 0 Å². The van der Waals surface area contributed by atoms with Gasteiger partial charge in [-0.2, -0.15) is 0 Å². The lowest BCUT2D eigenvalue weighted by Crippen LogP contribution is -2.34. The first-order chi connectivity index (χ1) is 10.4. The van der Waals surface area contributed by atoms with Crippen molar-refractivity contribution in [2.45, 2.75) is 85.7 Å². The number of rotatable bonds is 2. The van der Waals surface area contributed by atoms with Crippen molar-refractivity contribution in [2.75, 3.05) is 0 Å². The largest absolute Gasteiger partial charge is 0.304 e. The van der Waals surface area contributed by atoms with E-state index in [9.17, 15) is 0 Å². The number of benzene rings is 1. The highest BCUT2D eigenvalue weighted by Gasteiger charge is 2.32. The van der Waals surface area contributed by atoms with Crippen LogP contribution in [0.15, 0.2) is 5.57 Å². The molecule has 2 aliphatic carbocycles. The molecule has 0 aromatic heterocycles. The number of allylic oxidation sites excluding steroid dienone is 1. The molecule has 3 rings (SSSR count). The highest BCUT2D eigenvalue weighted by atomic mass is 15.0. The Balaban J connectivity index is 2.05. The summed E-state index contributed by atoms with van der Waals surface area (Å²) < 4.78 is 0. The van der Waals surface area contributed by atoms with Crippen molar-refractivity contribution in [3.63, 3.8) is 0 Å². The predicted molar refractivity (Wildman–Crippen MR) is 96.4 cm³/mol. The molecule has 0 saturated heterocycles. The molecule has 1 N–H and O–H groups in total. The van der Waals surface area contributed by atoms with Crippen molar-refractivity contribution in [1.29, 1.82) is 0 Å². The Bertz CT molecular complexity index is 630. The first-order valence-corrected chi connectivity index (χ1v) is 8.97. The van der Waals surface area contributed by atoms with Crippen LogP contribution in [-0.4, -0.2) is 6.04 Å². The second-order valence-corrected chi connectivity index (χ2v) is 7.53. The van der Waals surface area contributed by atoms with Gasteiger partial charge in [0.2, 0.25) is 0 Å². The number of hydrogen-bond acceptors (Lipinski definition) is 1. The second kappa shape index (κ2) is 5.85. The summed E-state index contributed by atoms with van der Waals surface area (Å²) in [7, 11) is 0. The Kier molecular flexibility index (Phi) is 4.20. The van der Waals surface area contributed by atoms with Crippen LogP contribution in [0.3, 0.4) is 0 Å². The van der Waals surface area contributed by atoms with Gasteiger partial charge in [-0.15, -0.1) is 0 Å². The summed E-state index contributed by atoms with van der Waals surface area (Å²) in [5.41, 5.74) is 12.1. The summed E-state index contributed by atoms with van der Waals surface area (Å²) in [4.78, 5) is 0. The summed E-state index contributed by atoms with van der Waals surface area (Å²) in [6.07, 6.45) is 6.90. The third-order valence-electron chi connectivity index (χ3n) is 6.43. The molecule has 0 aliphatic heterocycles. The van der Waals surface area contributed by atoms with Gasteiger partial charge in [-0.25, -0.2) is 0 Å². The minimum absolute atomic E-state index is 0.441. The molecule has 1 fully saturated rings. The summed E-state index contributed by atoms with van der Waals surface area (Å²) in [6, 6.07) is 1.14. The SMILES string of the molecule is CC1=C(C)C(NC2CCCCC2)c2c(C)c(C)c(C)c(C)c21. The van der Waals surface area contributed by atoms with Crippen LogP contribution in [0, 0.1) is 27.7 Å². The van der Waals surface area contributed by atoms with Crippen LogP contribution in [-0.2, 0) is 0 Å². The molecule has 1 aromatic rings. The first-order valence-electron chi connectivity index (χ1n) is 8.97. The molecule has 1 saturated carbocycles. The van der Waals surface area contributed by atoms with Gasteiger partial charge in [-0.05, 0) is 98.9 Å². The van der Waals surface area contributed by atoms with Crippen molar-refractivity contribution in [3.05, 3.63) is 39.0 Å². The Morgan fingerprint density at radius 3 is 1.95 bits per heavy atom. The molecule has 1 atom stereocenters. The van der Waals surface area contributed by atoms with Crippen LogP contribution >= 0.6 is 0 Å². The minimum Gasteiger partial charge on any atom is -0.304 e. The molecule has 0 spiro atoms. The van der Waals surface area contributed by atoms with Gasteiger partial charge in [0.05, 0.1) is 6.04 Å². The predicted octanol–water partition coefficient (Wildman–Crippen LogP) is 5.69.